The third-order valence-corrected chi connectivity index (χ3v) is 5.89. The predicted molar refractivity (Wildman–Crippen MR) is 116 cm³/mol. The van der Waals surface area contributed by atoms with Gasteiger partial charge in [0.15, 0.2) is 0 Å². The summed E-state index contributed by atoms with van der Waals surface area (Å²) in [5.74, 6) is -0.512. The highest BCUT2D eigenvalue weighted by atomic mass is 19.4. The maximum atomic E-state index is 13.0. The van der Waals surface area contributed by atoms with Crippen LogP contribution in [0.5, 0.6) is 0 Å². The van der Waals surface area contributed by atoms with Gasteiger partial charge < -0.3 is 10.2 Å². The summed E-state index contributed by atoms with van der Waals surface area (Å²) in [6.45, 7) is 0.964. The number of hydrogen-bond donors (Lipinski definition) is 1. The molecule has 0 unspecified atom stereocenters. The second-order valence-corrected chi connectivity index (χ2v) is 8.01. The first kappa shape index (κ1) is 21.9. The first-order valence-electron chi connectivity index (χ1n) is 10.5. The maximum absolute atomic E-state index is 13.0. The lowest BCUT2D eigenvalue weighted by Crippen LogP contribution is -2.43. The molecule has 3 aromatic rings. The summed E-state index contributed by atoms with van der Waals surface area (Å²) in [5.41, 5.74) is 0.316. The van der Waals surface area contributed by atoms with Gasteiger partial charge in [0.05, 0.1) is 5.56 Å². The van der Waals surface area contributed by atoms with Crippen LogP contribution in [0.2, 0.25) is 0 Å². The number of amides is 2. The van der Waals surface area contributed by atoms with Crippen molar-refractivity contribution >= 4 is 22.6 Å². The van der Waals surface area contributed by atoms with Gasteiger partial charge in [-0.25, -0.2) is 0 Å². The number of carbonyl (C=O) groups excluding carboxylic acids is 2. The van der Waals surface area contributed by atoms with Crippen molar-refractivity contribution in [2.45, 2.75) is 25.6 Å². The summed E-state index contributed by atoms with van der Waals surface area (Å²) in [6.07, 6.45) is -3.38. The number of rotatable bonds is 4. The van der Waals surface area contributed by atoms with Crippen molar-refractivity contribution in [3.05, 3.63) is 83.4 Å². The van der Waals surface area contributed by atoms with Crippen LogP contribution in [0.1, 0.15) is 34.3 Å². The summed E-state index contributed by atoms with van der Waals surface area (Å²) < 4.78 is 38.5. The van der Waals surface area contributed by atoms with E-state index in [4.69, 9.17) is 0 Å². The Balaban J connectivity index is 1.33. The zero-order valence-corrected chi connectivity index (χ0v) is 17.4. The van der Waals surface area contributed by atoms with Gasteiger partial charge in [-0.1, -0.05) is 48.5 Å². The lowest BCUT2D eigenvalue weighted by Gasteiger charge is -2.31. The Morgan fingerprint density at radius 1 is 0.938 bits per heavy atom. The molecule has 0 aliphatic carbocycles. The van der Waals surface area contributed by atoms with E-state index in [1.807, 2.05) is 42.5 Å². The molecule has 1 aliphatic rings. The molecule has 166 valence electrons. The van der Waals surface area contributed by atoms with Gasteiger partial charge in [0.2, 0.25) is 5.91 Å². The van der Waals surface area contributed by atoms with Gasteiger partial charge in [0.25, 0.3) is 5.91 Å². The molecule has 3 aromatic carbocycles. The number of fused-ring (bicyclic) bond motifs is 1. The highest BCUT2D eigenvalue weighted by molar-refractivity contribution is 6.07. The molecule has 0 spiro atoms. The zero-order chi connectivity index (χ0) is 22.7. The highest BCUT2D eigenvalue weighted by Crippen LogP contribution is 2.29. The summed E-state index contributed by atoms with van der Waals surface area (Å²) in [6, 6.07) is 18.3. The fourth-order valence-corrected chi connectivity index (χ4v) is 4.12. The number of benzene rings is 3. The van der Waals surface area contributed by atoms with Crippen molar-refractivity contribution in [3.8, 4) is 0 Å². The maximum Gasteiger partial charge on any atom is 0.416 e. The van der Waals surface area contributed by atoms with E-state index in [0.29, 0.717) is 37.1 Å². The molecular formula is C25H23F3N2O2. The molecule has 4 nitrogen and oxygen atoms in total. The number of alkyl halides is 3. The Hall–Kier alpha value is -3.35. The molecule has 1 N–H and O–H groups in total. The second kappa shape index (κ2) is 9.02. The number of piperidine rings is 1. The van der Waals surface area contributed by atoms with Gasteiger partial charge >= 0.3 is 6.18 Å². The Kier molecular flexibility index (Phi) is 6.17. The third kappa shape index (κ3) is 4.77. The molecule has 4 rings (SSSR count). The van der Waals surface area contributed by atoms with Gasteiger partial charge in [0, 0.05) is 31.1 Å². The molecule has 0 radical (unpaired) electrons. The third-order valence-electron chi connectivity index (χ3n) is 5.89. The van der Waals surface area contributed by atoms with Gasteiger partial charge in [-0.05, 0) is 47.4 Å². The first-order valence-corrected chi connectivity index (χ1v) is 10.5. The largest absolute Gasteiger partial charge is 0.416 e. The van der Waals surface area contributed by atoms with Crippen molar-refractivity contribution in [2.75, 3.05) is 13.1 Å². The molecule has 32 heavy (non-hydrogen) atoms. The fraction of sp³-hybridized carbons (Fsp3) is 0.280. The molecule has 0 bridgehead atoms. The van der Waals surface area contributed by atoms with Crippen LogP contribution in [0.25, 0.3) is 10.8 Å². The number of nitrogens with zero attached hydrogens (tertiary/aromatic N) is 1. The molecular weight excluding hydrogens is 417 g/mol. The summed E-state index contributed by atoms with van der Waals surface area (Å²) >= 11 is 0. The molecule has 0 atom stereocenters. The van der Waals surface area contributed by atoms with Crippen LogP contribution in [0.15, 0.2) is 66.7 Å². The molecule has 0 saturated carbocycles. The van der Waals surface area contributed by atoms with Gasteiger partial charge in [-0.15, -0.1) is 0 Å². The molecule has 1 saturated heterocycles. The van der Waals surface area contributed by atoms with Gasteiger partial charge in [-0.3, -0.25) is 9.59 Å². The van der Waals surface area contributed by atoms with E-state index in [0.717, 1.165) is 22.9 Å². The smallest absolute Gasteiger partial charge is 0.352 e. The standard InChI is InChI=1S/C25H23F3N2O2/c26-25(27,28)20-8-3-5-17(15-20)16-29-23(31)19-11-13-30(14-12-19)24(32)22-10-4-7-18-6-1-2-9-21(18)22/h1-10,15,19H,11-14,16H2,(H,29,31). The Labute approximate surface area is 184 Å². The predicted octanol–water partition coefficient (Wildman–Crippen LogP) is 5.03. The summed E-state index contributed by atoms with van der Waals surface area (Å²) in [4.78, 5) is 27.3. The van der Waals surface area contributed by atoms with Crippen molar-refractivity contribution in [2.24, 2.45) is 5.92 Å². The molecule has 1 fully saturated rings. The van der Waals surface area contributed by atoms with Crippen LogP contribution in [-0.2, 0) is 17.5 Å². The quantitative estimate of drug-likeness (QED) is 0.619. The van der Waals surface area contributed by atoms with E-state index < -0.39 is 11.7 Å². The van der Waals surface area contributed by atoms with Gasteiger partial charge in [-0.2, -0.15) is 13.2 Å². The average Bonchev–Trinajstić information content (AvgIpc) is 2.81. The first-order chi connectivity index (χ1) is 15.3. The van der Waals surface area contributed by atoms with Crippen LogP contribution >= 0.6 is 0 Å². The monoisotopic (exact) mass is 440 g/mol. The molecule has 1 aliphatic heterocycles. The van der Waals surface area contributed by atoms with E-state index >= 15 is 0 Å². The van der Waals surface area contributed by atoms with Crippen molar-refractivity contribution in [3.63, 3.8) is 0 Å². The minimum absolute atomic E-state index is 0.0396. The minimum Gasteiger partial charge on any atom is -0.352 e. The number of nitrogens with one attached hydrogen (secondary N) is 1. The van der Waals surface area contributed by atoms with Crippen LogP contribution < -0.4 is 5.32 Å². The van der Waals surface area contributed by atoms with Crippen LogP contribution in [0.4, 0.5) is 13.2 Å². The van der Waals surface area contributed by atoms with E-state index in [2.05, 4.69) is 5.32 Å². The van der Waals surface area contributed by atoms with Crippen LogP contribution in [0, 0.1) is 5.92 Å². The average molecular weight is 440 g/mol. The highest BCUT2D eigenvalue weighted by Gasteiger charge is 2.31. The normalized spacial score (nSPS) is 15.0. The number of hydrogen-bond acceptors (Lipinski definition) is 2. The van der Waals surface area contributed by atoms with E-state index in [1.54, 1.807) is 11.0 Å². The van der Waals surface area contributed by atoms with Crippen molar-refractivity contribution in [1.82, 2.24) is 10.2 Å². The lowest BCUT2D eigenvalue weighted by molar-refractivity contribution is -0.137. The van der Waals surface area contributed by atoms with Crippen molar-refractivity contribution < 1.29 is 22.8 Å². The summed E-state index contributed by atoms with van der Waals surface area (Å²) in [7, 11) is 0. The molecule has 0 aromatic heterocycles. The van der Waals surface area contributed by atoms with Crippen LogP contribution in [-0.4, -0.2) is 29.8 Å². The number of likely N-dealkylation sites (tertiary alicyclic amines) is 1. The SMILES string of the molecule is O=C(NCc1cccc(C(F)(F)F)c1)C1CCN(C(=O)c2cccc3ccccc23)CC1. The van der Waals surface area contributed by atoms with Crippen molar-refractivity contribution in [1.29, 1.82) is 0 Å². The van der Waals surface area contributed by atoms with E-state index in [9.17, 15) is 22.8 Å². The number of carbonyl (C=O) groups is 2. The topological polar surface area (TPSA) is 49.4 Å². The minimum atomic E-state index is -4.41. The Morgan fingerprint density at radius 2 is 1.62 bits per heavy atom. The Bertz CT molecular complexity index is 1130. The Morgan fingerprint density at radius 3 is 2.38 bits per heavy atom. The van der Waals surface area contributed by atoms with Gasteiger partial charge in [0.1, 0.15) is 0 Å². The fourth-order valence-electron chi connectivity index (χ4n) is 4.12. The molecule has 1 heterocycles. The zero-order valence-electron chi connectivity index (χ0n) is 17.4. The lowest BCUT2D eigenvalue weighted by atomic mass is 9.94. The second-order valence-electron chi connectivity index (χ2n) is 8.01. The van der Waals surface area contributed by atoms with E-state index in [-0.39, 0.29) is 24.3 Å². The molecule has 2 amide bonds. The van der Waals surface area contributed by atoms with E-state index in [1.165, 1.54) is 6.07 Å². The molecule has 7 heteroatoms. The number of halogens is 3. The van der Waals surface area contributed by atoms with Crippen LogP contribution in [0.3, 0.4) is 0 Å². The summed E-state index contributed by atoms with van der Waals surface area (Å²) in [5, 5.41) is 4.64.